The molecular weight excluding hydrogens is 209 g/mol. The van der Waals surface area contributed by atoms with Crippen molar-refractivity contribution in [2.45, 2.75) is 25.1 Å². The van der Waals surface area contributed by atoms with Gasteiger partial charge in [0.25, 0.3) is 0 Å². The van der Waals surface area contributed by atoms with Gasteiger partial charge in [-0.05, 0) is 13.0 Å². The topological polar surface area (TPSA) is 41.5 Å². The van der Waals surface area contributed by atoms with E-state index >= 15 is 0 Å². The Kier molecular flexibility index (Phi) is 3.53. The number of aliphatic hydroxyl groups excluding tert-OH is 1. The number of rotatable bonds is 3. The molecule has 16 heavy (non-hydrogen) atoms. The highest BCUT2D eigenvalue weighted by Crippen LogP contribution is 2.18. The Morgan fingerprint density at radius 2 is 2.19 bits per heavy atom. The molecular formula is C12H16FNO2. The zero-order valence-electron chi connectivity index (χ0n) is 9.19. The summed E-state index contributed by atoms with van der Waals surface area (Å²) in [5.41, 5.74) is 0.613. The van der Waals surface area contributed by atoms with Gasteiger partial charge in [0, 0.05) is 11.6 Å². The second-order valence-corrected chi connectivity index (χ2v) is 4.12. The van der Waals surface area contributed by atoms with E-state index < -0.39 is 6.10 Å². The quantitative estimate of drug-likeness (QED) is 0.813. The highest BCUT2D eigenvalue weighted by atomic mass is 19.1. The molecule has 1 aliphatic rings. The van der Waals surface area contributed by atoms with E-state index in [2.05, 4.69) is 5.32 Å². The maximum Gasteiger partial charge on any atom is 0.127 e. The van der Waals surface area contributed by atoms with E-state index in [1.165, 1.54) is 6.07 Å². The third-order valence-electron chi connectivity index (χ3n) is 2.89. The van der Waals surface area contributed by atoms with Gasteiger partial charge in [0.15, 0.2) is 0 Å². The Morgan fingerprint density at radius 1 is 1.44 bits per heavy atom. The van der Waals surface area contributed by atoms with E-state index in [1.807, 2.05) is 6.92 Å². The molecule has 0 radical (unpaired) electrons. The van der Waals surface area contributed by atoms with Crippen molar-refractivity contribution < 1.29 is 14.2 Å². The van der Waals surface area contributed by atoms with Crippen LogP contribution in [0.25, 0.3) is 0 Å². The molecule has 1 aliphatic heterocycles. The molecule has 4 heteroatoms. The molecule has 2 N–H and O–H groups in total. The lowest BCUT2D eigenvalue weighted by molar-refractivity contribution is 0.121. The minimum absolute atomic E-state index is 0.116. The molecule has 88 valence electrons. The second-order valence-electron chi connectivity index (χ2n) is 4.12. The highest BCUT2D eigenvalue weighted by Gasteiger charge is 2.27. The van der Waals surface area contributed by atoms with Crippen LogP contribution < -0.4 is 5.32 Å². The van der Waals surface area contributed by atoms with Crippen molar-refractivity contribution in [1.82, 2.24) is 5.32 Å². The van der Waals surface area contributed by atoms with Crippen LogP contribution >= 0.6 is 0 Å². The Labute approximate surface area is 94.2 Å². The zero-order valence-corrected chi connectivity index (χ0v) is 9.19. The number of hydrogen-bond donors (Lipinski definition) is 2. The maximum atomic E-state index is 13.5. The maximum absolute atomic E-state index is 13.5. The van der Waals surface area contributed by atoms with Crippen molar-refractivity contribution in [2.24, 2.45) is 0 Å². The van der Waals surface area contributed by atoms with Crippen molar-refractivity contribution >= 4 is 0 Å². The van der Waals surface area contributed by atoms with Crippen LogP contribution in [0.5, 0.6) is 0 Å². The van der Waals surface area contributed by atoms with Gasteiger partial charge in [0.05, 0.1) is 25.4 Å². The standard InChI is InChI=1S/C12H16FNO2/c1-8(9-4-2-3-5-10(9)13)14-11-6-16-7-12(11)15/h2-5,8,11-12,14-15H,6-7H2,1H3/t8-,11?,12?/m1/s1. The molecule has 0 aromatic heterocycles. The fourth-order valence-corrected chi connectivity index (χ4v) is 1.94. The fourth-order valence-electron chi connectivity index (χ4n) is 1.94. The van der Waals surface area contributed by atoms with Crippen LogP contribution in [-0.2, 0) is 4.74 Å². The molecule has 0 aliphatic carbocycles. The van der Waals surface area contributed by atoms with Gasteiger partial charge < -0.3 is 15.2 Å². The third kappa shape index (κ3) is 2.40. The van der Waals surface area contributed by atoms with Gasteiger partial charge in [-0.1, -0.05) is 18.2 Å². The lowest BCUT2D eigenvalue weighted by Gasteiger charge is -2.21. The number of aliphatic hydroxyl groups is 1. The van der Waals surface area contributed by atoms with Gasteiger partial charge in [0.1, 0.15) is 5.82 Å². The van der Waals surface area contributed by atoms with Gasteiger partial charge in [-0.25, -0.2) is 4.39 Å². The summed E-state index contributed by atoms with van der Waals surface area (Å²) in [5.74, 6) is -0.226. The first-order chi connectivity index (χ1) is 7.68. The number of hydrogen-bond acceptors (Lipinski definition) is 3. The van der Waals surface area contributed by atoms with E-state index in [1.54, 1.807) is 18.2 Å². The van der Waals surface area contributed by atoms with Gasteiger partial charge >= 0.3 is 0 Å². The van der Waals surface area contributed by atoms with E-state index in [4.69, 9.17) is 4.74 Å². The van der Waals surface area contributed by atoms with E-state index in [0.29, 0.717) is 18.8 Å². The van der Waals surface area contributed by atoms with Crippen LogP contribution in [-0.4, -0.2) is 30.5 Å². The highest BCUT2D eigenvalue weighted by molar-refractivity contribution is 5.20. The molecule has 0 saturated carbocycles. The summed E-state index contributed by atoms with van der Waals surface area (Å²) in [4.78, 5) is 0. The van der Waals surface area contributed by atoms with Crippen LogP contribution in [0.1, 0.15) is 18.5 Å². The largest absolute Gasteiger partial charge is 0.389 e. The number of benzene rings is 1. The summed E-state index contributed by atoms with van der Waals surface area (Å²) >= 11 is 0. The van der Waals surface area contributed by atoms with Gasteiger partial charge in [-0.2, -0.15) is 0 Å². The molecule has 1 saturated heterocycles. The Balaban J connectivity index is 2.03. The van der Waals surface area contributed by atoms with Crippen LogP contribution in [0.2, 0.25) is 0 Å². The lowest BCUT2D eigenvalue weighted by atomic mass is 10.1. The first-order valence-corrected chi connectivity index (χ1v) is 5.45. The second kappa shape index (κ2) is 4.91. The summed E-state index contributed by atoms with van der Waals surface area (Å²) < 4.78 is 18.6. The lowest BCUT2D eigenvalue weighted by Crippen LogP contribution is -2.40. The first-order valence-electron chi connectivity index (χ1n) is 5.45. The molecule has 2 rings (SSSR count). The molecule has 0 bridgehead atoms. The van der Waals surface area contributed by atoms with Gasteiger partial charge in [-0.15, -0.1) is 0 Å². The van der Waals surface area contributed by atoms with E-state index in [9.17, 15) is 9.50 Å². The molecule has 0 amide bonds. The van der Waals surface area contributed by atoms with Crippen molar-refractivity contribution in [2.75, 3.05) is 13.2 Å². The number of nitrogens with one attached hydrogen (secondary N) is 1. The van der Waals surface area contributed by atoms with Crippen LogP contribution in [0.3, 0.4) is 0 Å². The molecule has 2 unspecified atom stereocenters. The average Bonchev–Trinajstić information content (AvgIpc) is 2.65. The molecule has 0 spiro atoms. The van der Waals surface area contributed by atoms with Crippen molar-refractivity contribution in [1.29, 1.82) is 0 Å². The van der Waals surface area contributed by atoms with Crippen molar-refractivity contribution in [3.8, 4) is 0 Å². The predicted molar refractivity (Wildman–Crippen MR) is 58.6 cm³/mol. The Morgan fingerprint density at radius 3 is 2.81 bits per heavy atom. The van der Waals surface area contributed by atoms with Crippen molar-refractivity contribution in [3.63, 3.8) is 0 Å². The molecule has 3 atom stereocenters. The fraction of sp³-hybridized carbons (Fsp3) is 0.500. The summed E-state index contributed by atoms with van der Waals surface area (Å²) in [6.07, 6.45) is -0.505. The van der Waals surface area contributed by atoms with E-state index in [0.717, 1.165) is 0 Å². The molecule has 1 aromatic rings. The smallest absolute Gasteiger partial charge is 0.127 e. The summed E-state index contributed by atoms with van der Waals surface area (Å²) in [5, 5.41) is 12.7. The average molecular weight is 225 g/mol. The van der Waals surface area contributed by atoms with Crippen molar-refractivity contribution in [3.05, 3.63) is 35.6 Å². The third-order valence-corrected chi connectivity index (χ3v) is 2.89. The van der Waals surface area contributed by atoms with Crippen LogP contribution in [0.4, 0.5) is 4.39 Å². The summed E-state index contributed by atoms with van der Waals surface area (Å²) in [7, 11) is 0. The number of halogens is 1. The van der Waals surface area contributed by atoms with Gasteiger partial charge in [0.2, 0.25) is 0 Å². The number of ether oxygens (including phenoxy) is 1. The SMILES string of the molecule is C[C@@H](NC1COCC1O)c1ccccc1F. The van der Waals surface area contributed by atoms with Crippen LogP contribution in [0, 0.1) is 5.82 Å². The molecule has 1 aromatic carbocycles. The molecule has 1 fully saturated rings. The molecule has 1 heterocycles. The van der Waals surface area contributed by atoms with Gasteiger partial charge in [-0.3, -0.25) is 0 Å². The minimum atomic E-state index is -0.505. The Hall–Kier alpha value is -0.970. The minimum Gasteiger partial charge on any atom is -0.389 e. The zero-order chi connectivity index (χ0) is 11.5. The predicted octanol–water partition coefficient (Wildman–Crippen LogP) is 1.24. The normalized spacial score (nSPS) is 26.9. The summed E-state index contributed by atoms with van der Waals surface area (Å²) in [6, 6.07) is 6.40. The summed E-state index contributed by atoms with van der Waals surface area (Å²) in [6.45, 7) is 2.70. The monoisotopic (exact) mass is 225 g/mol. The Bertz CT molecular complexity index is 359. The van der Waals surface area contributed by atoms with E-state index in [-0.39, 0.29) is 17.9 Å². The van der Waals surface area contributed by atoms with Crippen LogP contribution in [0.15, 0.2) is 24.3 Å². The first kappa shape index (κ1) is 11.5. The molecule has 3 nitrogen and oxygen atoms in total.